The average molecular weight is 467 g/mol. The zero-order valence-corrected chi connectivity index (χ0v) is 18.9. The van der Waals surface area contributed by atoms with E-state index >= 15 is 0 Å². The molecule has 0 bridgehead atoms. The number of carbonyl (C=O) groups is 2. The summed E-state index contributed by atoms with van der Waals surface area (Å²) < 4.78 is 18.7. The number of nitrogens with one attached hydrogen (secondary N) is 3. The summed E-state index contributed by atoms with van der Waals surface area (Å²) in [5.41, 5.74) is 1.85. The van der Waals surface area contributed by atoms with Crippen molar-refractivity contribution in [3.63, 3.8) is 0 Å². The van der Waals surface area contributed by atoms with E-state index in [0.717, 1.165) is 55.5 Å². The molecule has 1 saturated heterocycles. The number of aromatic amines is 1. The number of hydrogen-bond acceptors (Lipinski definition) is 6. The zero-order chi connectivity index (χ0) is 23.7. The van der Waals surface area contributed by atoms with Crippen LogP contribution >= 0.6 is 0 Å². The highest BCUT2D eigenvalue weighted by Gasteiger charge is 2.46. The summed E-state index contributed by atoms with van der Waals surface area (Å²) in [7, 11) is 1.53. The third kappa shape index (κ3) is 4.52. The lowest BCUT2D eigenvalue weighted by Crippen LogP contribution is -2.55. The number of anilines is 1. The molecule has 2 fully saturated rings. The molecule has 34 heavy (non-hydrogen) atoms. The molecule has 10 heteroatoms. The molecule has 1 aromatic carbocycles. The van der Waals surface area contributed by atoms with Gasteiger partial charge in [-0.3, -0.25) is 9.89 Å². The van der Waals surface area contributed by atoms with Gasteiger partial charge in [0.05, 0.1) is 11.2 Å². The Bertz CT molecular complexity index is 1210. The SMILES string of the molecule is CNC(=O)c1cc(COC(=O)NC2CC3(CCN(c4ccc5cc(F)ccc5n4)CC3)C2)[nH]n1. The summed E-state index contributed by atoms with van der Waals surface area (Å²) in [5.74, 6) is 0.366. The van der Waals surface area contributed by atoms with E-state index in [1.807, 2.05) is 12.1 Å². The standard InChI is InChI=1S/C24H27FN6O3/c1-26-22(32)20-11-17(29-30-20)14-34-23(33)27-18-12-24(13-18)6-8-31(9-7-24)21-5-2-15-10-16(25)3-4-19(15)28-21/h2-5,10-11,18H,6-9,12-14H2,1H3,(H,26,32)(H,27,33)(H,29,30). The number of amides is 2. The lowest BCUT2D eigenvalue weighted by molar-refractivity contribution is 0.0468. The molecule has 0 atom stereocenters. The molecule has 3 heterocycles. The second-order valence-corrected chi connectivity index (χ2v) is 9.18. The third-order valence-corrected chi connectivity index (χ3v) is 6.91. The van der Waals surface area contributed by atoms with Gasteiger partial charge in [-0.2, -0.15) is 5.10 Å². The van der Waals surface area contributed by atoms with E-state index in [0.29, 0.717) is 5.69 Å². The number of H-pyrrole nitrogens is 1. The number of benzene rings is 1. The fourth-order valence-electron chi connectivity index (χ4n) is 5.00. The van der Waals surface area contributed by atoms with Gasteiger partial charge in [-0.1, -0.05) is 0 Å². The molecule has 2 aliphatic rings. The van der Waals surface area contributed by atoms with Crippen molar-refractivity contribution >= 4 is 28.7 Å². The van der Waals surface area contributed by atoms with Crippen molar-refractivity contribution < 1.29 is 18.7 Å². The smallest absolute Gasteiger partial charge is 0.407 e. The van der Waals surface area contributed by atoms with Crippen LogP contribution in [-0.4, -0.2) is 53.4 Å². The van der Waals surface area contributed by atoms with Crippen LogP contribution in [0.15, 0.2) is 36.4 Å². The zero-order valence-electron chi connectivity index (χ0n) is 18.9. The lowest BCUT2D eigenvalue weighted by Gasteiger charge is -2.52. The van der Waals surface area contributed by atoms with Gasteiger partial charge in [0.1, 0.15) is 23.9 Å². The number of rotatable bonds is 5. The number of hydrogen-bond donors (Lipinski definition) is 3. The Balaban J connectivity index is 1.07. The average Bonchev–Trinajstić information content (AvgIpc) is 3.30. The first-order valence-corrected chi connectivity index (χ1v) is 11.4. The van der Waals surface area contributed by atoms with Gasteiger partial charge >= 0.3 is 6.09 Å². The highest BCUT2D eigenvalue weighted by molar-refractivity contribution is 5.92. The van der Waals surface area contributed by atoms with Gasteiger partial charge in [0.25, 0.3) is 5.91 Å². The number of ether oxygens (including phenoxy) is 1. The van der Waals surface area contributed by atoms with E-state index in [2.05, 4.69) is 25.7 Å². The number of halogens is 1. The molecule has 0 unspecified atom stereocenters. The lowest BCUT2D eigenvalue weighted by atomic mass is 9.60. The Morgan fingerprint density at radius 2 is 2.00 bits per heavy atom. The molecule has 3 N–H and O–H groups in total. The Hall–Kier alpha value is -3.69. The molecule has 3 aromatic rings. The molecule has 9 nitrogen and oxygen atoms in total. The van der Waals surface area contributed by atoms with Crippen LogP contribution in [0.25, 0.3) is 10.9 Å². The maximum absolute atomic E-state index is 13.4. The van der Waals surface area contributed by atoms with Crippen molar-refractivity contribution in [3.8, 4) is 0 Å². The van der Waals surface area contributed by atoms with Gasteiger partial charge in [-0.15, -0.1) is 0 Å². The monoisotopic (exact) mass is 466 g/mol. The first-order valence-electron chi connectivity index (χ1n) is 11.4. The summed E-state index contributed by atoms with van der Waals surface area (Å²) in [5, 5.41) is 12.8. The van der Waals surface area contributed by atoms with Crippen LogP contribution in [0.4, 0.5) is 15.0 Å². The number of pyridine rings is 1. The molecule has 1 aliphatic carbocycles. The Kier molecular flexibility index (Phi) is 5.80. The summed E-state index contributed by atoms with van der Waals surface area (Å²) in [4.78, 5) is 30.7. The van der Waals surface area contributed by atoms with Crippen LogP contribution in [-0.2, 0) is 11.3 Å². The van der Waals surface area contributed by atoms with Crippen LogP contribution in [0.3, 0.4) is 0 Å². The highest BCUT2D eigenvalue weighted by Crippen LogP contribution is 2.49. The fourth-order valence-corrected chi connectivity index (χ4v) is 5.00. The van der Waals surface area contributed by atoms with Gasteiger partial charge in [0, 0.05) is 31.6 Å². The first-order chi connectivity index (χ1) is 16.4. The normalized spacial score (nSPS) is 17.4. The minimum atomic E-state index is -0.467. The van der Waals surface area contributed by atoms with E-state index in [4.69, 9.17) is 9.72 Å². The molecule has 2 aromatic heterocycles. The van der Waals surface area contributed by atoms with Gasteiger partial charge in [-0.05, 0) is 67.5 Å². The summed E-state index contributed by atoms with van der Waals surface area (Å²) in [6.45, 7) is 1.84. The van der Waals surface area contributed by atoms with Crippen molar-refractivity contribution in [3.05, 3.63) is 53.6 Å². The Labute approximate surface area is 196 Å². The molecule has 5 rings (SSSR count). The largest absolute Gasteiger partial charge is 0.443 e. The molecular formula is C24H27FN6O3. The van der Waals surface area contributed by atoms with Crippen LogP contribution in [0.5, 0.6) is 0 Å². The molecule has 1 spiro atoms. The molecule has 1 saturated carbocycles. The van der Waals surface area contributed by atoms with Crippen LogP contribution in [0.2, 0.25) is 0 Å². The van der Waals surface area contributed by atoms with Crippen molar-refractivity contribution in [2.45, 2.75) is 38.3 Å². The minimum Gasteiger partial charge on any atom is -0.443 e. The van der Waals surface area contributed by atoms with Crippen molar-refractivity contribution in [2.24, 2.45) is 5.41 Å². The van der Waals surface area contributed by atoms with Gasteiger partial charge in [-0.25, -0.2) is 14.2 Å². The number of aromatic nitrogens is 3. The van der Waals surface area contributed by atoms with Gasteiger partial charge < -0.3 is 20.3 Å². The topological polar surface area (TPSA) is 112 Å². The molecule has 0 radical (unpaired) electrons. The number of alkyl carbamates (subject to hydrolysis) is 1. The third-order valence-electron chi connectivity index (χ3n) is 6.91. The molecular weight excluding hydrogens is 439 g/mol. The Morgan fingerprint density at radius 3 is 2.76 bits per heavy atom. The number of carbonyl (C=O) groups excluding carboxylic acids is 2. The van der Waals surface area contributed by atoms with E-state index in [1.54, 1.807) is 12.1 Å². The van der Waals surface area contributed by atoms with E-state index in [-0.39, 0.29) is 35.5 Å². The van der Waals surface area contributed by atoms with Gasteiger partial charge in [0.2, 0.25) is 0 Å². The predicted molar refractivity (Wildman–Crippen MR) is 124 cm³/mol. The summed E-state index contributed by atoms with van der Waals surface area (Å²) in [6, 6.07) is 10.2. The summed E-state index contributed by atoms with van der Waals surface area (Å²) >= 11 is 0. The predicted octanol–water partition coefficient (Wildman–Crippen LogP) is 3.13. The first kappa shape index (κ1) is 22.1. The highest BCUT2D eigenvalue weighted by atomic mass is 19.1. The second-order valence-electron chi connectivity index (χ2n) is 9.18. The minimum absolute atomic E-state index is 0.0219. The van der Waals surface area contributed by atoms with Crippen LogP contribution in [0.1, 0.15) is 41.9 Å². The molecule has 178 valence electrons. The van der Waals surface area contributed by atoms with Crippen molar-refractivity contribution in [1.29, 1.82) is 0 Å². The maximum Gasteiger partial charge on any atom is 0.407 e. The van der Waals surface area contributed by atoms with E-state index in [1.165, 1.54) is 19.2 Å². The number of nitrogens with zero attached hydrogens (tertiary/aromatic N) is 3. The van der Waals surface area contributed by atoms with Gasteiger partial charge in [0.15, 0.2) is 0 Å². The van der Waals surface area contributed by atoms with Crippen LogP contribution in [0, 0.1) is 11.2 Å². The Morgan fingerprint density at radius 1 is 1.21 bits per heavy atom. The molecule has 1 aliphatic heterocycles. The molecule has 2 amide bonds. The number of fused-ring (bicyclic) bond motifs is 1. The fraction of sp³-hybridized carbons (Fsp3) is 0.417. The van der Waals surface area contributed by atoms with E-state index in [9.17, 15) is 14.0 Å². The van der Waals surface area contributed by atoms with Crippen molar-refractivity contribution in [2.75, 3.05) is 25.0 Å². The number of piperidine rings is 1. The maximum atomic E-state index is 13.4. The second kappa shape index (κ2) is 8.92. The van der Waals surface area contributed by atoms with Crippen molar-refractivity contribution in [1.82, 2.24) is 25.8 Å². The quantitative estimate of drug-likeness (QED) is 0.533. The summed E-state index contributed by atoms with van der Waals surface area (Å²) in [6.07, 6.45) is 3.49. The van der Waals surface area contributed by atoms with Crippen LogP contribution < -0.4 is 15.5 Å². The van der Waals surface area contributed by atoms with E-state index < -0.39 is 6.09 Å².